The first-order chi connectivity index (χ1) is 11.7. The summed E-state index contributed by atoms with van der Waals surface area (Å²) in [5.74, 6) is 1.34. The van der Waals surface area contributed by atoms with Crippen LogP contribution in [0.2, 0.25) is 0 Å². The summed E-state index contributed by atoms with van der Waals surface area (Å²) in [5, 5.41) is 0. The van der Waals surface area contributed by atoms with E-state index in [0.29, 0.717) is 18.4 Å². The van der Waals surface area contributed by atoms with E-state index in [1.807, 2.05) is 25.1 Å². The fraction of sp³-hybridized carbons (Fsp3) is 0.524. The minimum absolute atomic E-state index is 0.0276. The molecule has 0 fully saturated rings. The molecule has 4 nitrogen and oxygen atoms in total. The third kappa shape index (κ3) is 4.94. The largest absolute Gasteiger partial charge is 0.481 e. The second-order valence-corrected chi connectivity index (χ2v) is 8.01. The highest BCUT2D eigenvalue weighted by atomic mass is 16.5. The van der Waals surface area contributed by atoms with Crippen LogP contribution >= 0.6 is 0 Å². The van der Waals surface area contributed by atoms with Gasteiger partial charge in [0.05, 0.1) is 25.1 Å². The minimum Gasteiger partial charge on any atom is -0.481 e. The second-order valence-electron chi connectivity index (χ2n) is 8.01. The molecule has 0 aliphatic heterocycles. The summed E-state index contributed by atoms with van der Waals surface area (Å²) >= 11 is 0. The van der Waals surface area contributed by atoms with Gasteiger partial charge in [-0.25, -0.2) is 9.97 Å². The molecule has 0 aliphatic rings. The molecular formula is C21H30N2O2. The van der Waals surface area contributed by atoms with Crippen molar-refractivity contribution in [2.45, 2.75) is 58.8 Å². The van der Waals surface area contributed by atoms with Crippen LogP contribution in [0.3, 0.4) is 0 Å². The third-order valence-electron chi connectivity index (χ3n) is 4.19. The van der Waals surface area contributed by atoms with Crippen molar-refractivity contribution in [2.24, 2.45) is 0 Å². The van der Waals surface area contributed by atoms with E-state index in [2.05, 4.69) is 56.7 Å². The van der Waals surface area contributed by atoms with Crippen LogP contribution in [0.5, 0.6) is 11.8 Å². The molecule has 2 rings (SSSR count). The van der Waals surface area contributed by atoms with Crippen molar-refractivity contribution in [1.29, 1.82) is 0 Å². The molecule has 2 aromatic rings. The topological polar surface area (TPSA) is 44.2 Å². The van der Waals surface area contributed by atoms with E-state index < -0.39 is 0 Å². The minimum atomic E-state index is -0.130. The zero-order valence-electron chi connectivity index (χ0n) is 16.5. The molecule has 0 atom stereocenters. The second kappa shape index (κ2) is 7.42. The van der Waals surface area contributed by atoms with E-state index in [4.69, 9.17) is 9.47 Å². The van der Waals surface area contributed by atoms with E-state index >= 15 is 0 Å². The molecule has 2 heterocycles. The van der Waals surface area contributed by atoms with Gasteiger partial charge >= 0.3 is 0 Å². The van der Waals surface area contributed by atoms with Gasteiger partial charge in [-0.1, -0.05) is 40.7 Å². The Kier molecular flexibility index (Phi) is 5.71. The number of methoxy groups -OCH3 is 1. The van der Waals surface area contributed by atoms with Crippen molar-refractivity contribution in [3.05, 3.63) is 47.3 Å². The van der Waals surface area contributed by atoms with Crippen molar-refractivity contribution in [1.82, 2.24) is 9.97 Å². The summed E-state index contributed by atoms with van der Waals surface area (Å²) in [5.41, 5.74) is 3.11. The number of nitrogens with zero attached hydrogens (tertiary/aromatic N) is 2. The van der Waals surface area contributed by atoms with E-state index in [-0.39, 0.29) is 10.8 Å². The van der Waals surface area contributed by atoms with E-state index in [1.165, 1.54) is 5.56 Å². The van der Waals surface area contributed by atoms with Gasteiger partial charge in [-0.3, -0.25) is 0 Å². The fourth-order valence-electron chi connectivity index (χ4n) is 2.77. The molecule has 0 saturated heterocycles. The van der Waals surface area contributed by atoms with Crippen LogP contribution in [-0.4, -0.2) is 23.7 Å². The predicted molar refractivity (Wildman–Crippen MR) is 102 cm³/mol. The van der Waals surface area contributed by atoms with Gasteiger partial charge in [0, 0.05) is 23.0 Å². The summed E-state index contributed by atoms with van der Waals surface area (Å²) in [7, 11) is 1.64. The molecule has 4 heteroatoms. The van der Waals surface area contributed by atoms with Gasteiger partial charge in [-0.2, -0.15) is 0 Å². The molecule has 0 aliphatic carbocycles. The maximum atomic E-state index is 5.69. The number of ether oxygens (including phenoxy) is 2. The molecule has 0 saturated carbocycles. The average Bonchev–Trinajstić information content (AvgIpc) is 2.54. The maximum absolute atomic E-state index is 5.69. The first kappa shape index (κ1) is 19.2. The molecule has 25 heavy (non-hydrogen) atoms. The number of hydrogen-bond acceptors (Lipinski definition) is 4. The Morgan fingerprint density at radius 3 is 2.20 bits per heavy atom. The zero-order valence-corrected chi connectivity index (χ0v) is 16.5. The molecule has 2 aromatic heterocycles. The lowest BCUT2D eigenvalue weighted by Crippen LogP contribution is -2.23. The molecule has 0 unspecified atom stereocenters. The third-order valence-corrected chi connectivity index (χ3v) is 4.19. The number of hydrogen-bond donors (Lipinski definition) is 0. The smallest absolute Gasteiger partial charge is 0.213 e. The highest BCUT2D eigenvalue weighted by Gasteiger charge is 2.25. The average molecular weight is 342 g/mol. The Labute approximate surface area is 151 Å². The van der Waals surface area contributed by atoms with Crippen LogP contribution < -0.4 is 9.47 Å². The normalized spacial score (nSPS) is 12.1. The Hall–Kier alpha value is -2.10. The molecule has 0 spiro atoms. The van der Waals surface area contributed by atoms with E-state index in [9.17, 15) is 0 Å². The Balaban J connectivity index is 2.38. The predicted octanol–water partition coefficient (Wildman–Crippen LogP) is 4.70. The first-order valence-electron chi connectivity index (χ1n) is 8.81. The van der Waals surface area contributed by atoms with Crippen molar-refractivity contribution < 1.29 is 9.47 Å². The summed E-state index contributed by atoms with van der Waals surface area (Å²) in [6.07, 6.45) is 0.846. The lowest BCUT2D eigenvalue weighted by atomic mass is 9.81. The van der Waals surface area contributed by atoms with E-state index in [1.54, 1.807) is 7.11 Å². The van der Waals surface area contributed by atoms with Crippen molar-refractivity contribution in [3.63, 3.8) is 0 Å². The molecule has 0 N–H and O–H groups in total. The van der Waals surface area contributed by atoms with Crippen LogP contribution in [0, 0.1) is 0 Å². The summed E-state index contributed by atoms with van der Waals surface area (Å²) in [4.78, 5) is 9.29. The van der Waals surface area contributed by atoms with Gasteiger partial charge in [0.25, 0.3) is 0 Å². The highest BCUT2D eigenvalue weighted by molar-refractivity contribution is 5.32. The fourth-order valence-corrected chi connectivity index (χ4v) is 2.77. The SMILES string of the molecule is CCOc1cc(CC(C)(C)c2cccc(OC)n2)cc(C(C)(C)C)n1. The Bertz CT molecular complexity index is 718. The van der Waals surface area contributed by atoms with Crippen molar-refractivity contribution in [2.75, 3.05) is 13.7 Å². The number of aromatic nitrogens is 2. The molecule has 0 amide bonds. The summed E-state index contributed by atoms with van der Waals surface area (Å²) in [6.45, 7) is 13.5. The Morgan fingerprint density at radius 1 is 0.920 bits per heavy atom. The molecule has 0 aromatic carbocycles. The van der Waals surface area contributed by atoms with Crippen LogP contribution in [0.25, 0.3) is 0 Å². The number of rotatable bonds is 6. The first-order valence-corrected chi connectivity index (χ1v) is 8.81. The molecular weight excluding hydrogens is 312 g/mol. The van der Waals surface area contributed by atoms with Gasteiger partial charge in [0.2, 0.25) is 11.8 Å². The van der Waals surface area contributed by atoms with Gasteiger partial charge in [0.15, 0.2) is 0 Å². The van der Waals surface area contributed by atoms with Crippen LogP contribution in [0.15, 0.2) is 30.3 Å². The van der Waals surface area contributed by atoms with Gasteiger partial charge in [0.1, 0.15) is 0 Å². The lowest BCUT2D eigenvalue weighted by molar-refractivity contribution is 0.322. The lowest BCUT2D eigenvalue weighted by Gasteiger charge is -2.26. The van der Waals surface area contributed by atoms with Crippen molar-refractivity contribution in [3.8, 4) is 11.8 Å². The standard InChI is InChI=1S/C21H30N2O2/c1-8-25-19-13-15(12-17(23-19)20(2,3)4)14-21(5,6)16-10-9-11-18(22-16)24-7/h9-13H,8,14H2,1-7H3. The maximum Gasteiger partial charge on any atom is 0.213 e. The highest BCUT2D eigenvalue weighted by Crippen LogP contribution is 2.31. The Morgan fingerprint density at radius 2 is 1.60 bits per heavy atom. The van der Waals surface area contributed by atoms with Crippen molar-refractivity contribution >= 4 is 0 Å². The molecule has 136 valence electrons. The van der Waals surface area contributed by atoms with Crippen LogP contribution in [-0.2, 0) is 17.3 Å². The zero-order chi connectivity index (χ0) is 18.7. The summed E-state index contributed by atoms with van der Waals surface area (Å²) < 4.78 is 11.0. The summed E-state index contributed by atoms with van der Waals surface area (Å²) in [6, 6.07) is 10.1. The number of pyridine rings is 2. The quantitative estimate of drug-likeness (QED) is 0.763. The van der Waals surface area contributed by atoms with Crippen LogP contribution in [0.1, 0.15) is 58.5 Å². The molecule has 0 radical (unpaired) electrons. The molecule has 0 bridgehead atoms. The van der Waals surface area contributed by atoms with E-state index in [0.717, 1.165) is 17.8 Å². The van der Waals surface area contributed by atoms with Gasteiger partial charge in [-0.15, -0.1) is 0 Å². The monoisotopic (exact) mass is 342 g/mol. The van der Waals surface area contributed by atoms with Gasteiger partial charge in [-0.05, 0) is 31.0 Å². The van der Waals surface area contributed by atoms with Gasteiger partial charge < -0.3 is 9.47 Å². The van der Waals surface area contributed by atoms with Crippen LogP contribution in [0.4, 0.5) is 0 Å².